The zero-order chi connectivity index (χ0) is 20.1. The number of halogens is 1. The van der Waals surface area contributed by atoms with Gasteiger partial charge >= 0.3 is 0 Å². The third-order valence-electron chi connectivity index (χ3n) is 4.39. The minimum atomic E-state index is -0.407. The summed E-state index contributed by atoms with van der Waals surface area (Å²) < 4.78 is 24.5. The molecule has 2 aromatic rings. The summed E-state index contributed by atoms with van der Waals surface area (Å²) in [5.41, 5.74) is 0.907. The van der Waals surface area contributed by atoms with E-state index < -0.39 is 5.82 Å². The van der Waals surface area contributed by atoms with Crippen LogP contribution in [0.3, 0.4) is 0 Å². The number of amides is 2. The smallest absolute Gasteiger partial charge is 0.251 e. The second-order valence-electron chi connectivity index (χ2n) is 6.39. The summed E-state index contributed by atoms with van der Waals surface area (Å²) in [6.45, 7) is 4.96. The molecule has 6 nitrogen and oxygen atoms in total. The molecular weight excluding hydrogens is 363 g/mol. The molecule has 28 heavy (non-hydrogen) atoms. The summed E-state index contributed by atoms with van der Waals surface area (Å²) in [5, 5.41) is 2.87. The van der Waals surface area contributed by atoms with E-state index in [0.717, 1.165) is 0 Å². The maximum atomic E-state index is 13.4. The molecule has 148 valence electrons. The summed E-state index contributed by atoms with van der Waals surface area (Å²) in [6, 6.07) is 10.5. The van der Waals surface area contributed by atoms with Crippen molar-refractivity contribution in [3.8, 4) is 11.5 Å². The number of anilines is 1. The highest BCUT2D eigenvalue weighted by Gasteiger charge is 2.32. The van der Waals surface area contributed by atoms with E-state index in [1.165, 1.54) is 17.0 Å². The van der Waals surface area contributed by atoms with Crippen molar-refractivity contribution < 1.29 is 23.5 Å². The van der Waals surface area contributed by atoms with E-state index in [1.807, 2.05) is 13.8 Å². The van der Waals surface area contributed by atoms with Crippen molar-refractivity contribution >= 4 is 17.5 Å². The molecule has 1 atom stereocenters. The Morgan fingerprint density at radius 3 is 2.61 bits per heavy atom. The number of ether oxygens (including phenoxy) is 2. The molecule has 1 saturated heterocycles. The number of nitrogens with zero attached hydrogens (tertiary/aromatic N) is 1. The fourth-order valence-electron chi connectivity index (χ4n) is 3.16. The Labute approximate surface area is 163 Å². The summed E-state index contributed by atoms with van der Waals surface area (Å²) in [5.74, 6) is 0.214. The molecule has 0 aliphatic carbocycles. The summed E-state index contributed by atoms with van der Waals surface area (Å²) >= 11 is 0. The van der Waals surface area contributed by atoms with Crippen LogP contribution in [0.15, 0.2) is 42.5 Å². The van der Waals surface area contributed by atoms with Crippen LogP contribution in [0.4, 0.5) is 10.1 Å². The number of carbonyl (C=O) groups is 2. The van der Waals surface area contributed by atoms with Gasteiger partial charge < -0.3 is 19.7 Å². The van der Waals surface area contributed by atoms with E-state index in [-0.39, 0.29) is 24.3 Å². The fourth-order valence-corrected chi connectivity index (χ4v) is 3.16. The molecule has 1 fully saturated rings. The number of benzene rings is 2. The van der Waals surface area contributed by atoms with Gasteiger partial charge in [-0.1, -0.05) is 6.07 Å². The molecule has 7 heteroatoms. The molecule has 2 amide bonds. The number of carbonyl (C=O) groups excluding carboxylic acids is 2. The van der Waals surface area contributed by atoms with Gasteiger partial charge in [0.2, 0.25) is 5.91 Å². The van der Waals surface area contributed by atoms with Crippen LogP contribution in [0.5, 0.6) is 11.5 Å². The van der Waals surface area contributed by atoms with E-state index in [4.69, 9.17) is 9.47 Å². The van der Waals surface area contributed by atoms with Crippen LogP contribution in [0.25, 0.3) is 0 Å². The Balaban J connectivity index is 1.69. The lowest BCUT2D eigenvalue weighted by Gasteiger charge is -2.17. The lowest BCUT2D eigenvalue weighted by molar-refractivity contribution is -0.117. The molecule has 0 spiro atoms. The highest BCUT2D eigenvalue weighted by Crippen LogP contribution is 2.29. The van der Waals surface area contributed by atoms with Gasteiger partial charge in [-0.3, -0.25) is 9.59 Å². The van der Waals surface area contributed by atoms with Crippen LogP contribution in [-0.2, 0) is 4.79 Å². The molecule has 0 aromatic heterocycles. The zero-order valence-corrected chi connectivity index (χ0v) is 15.9. The second-order valence-corrected chi connectivity index (χ2v) is 6.39. The maximum absolute atomic E-state index is 13.4. The predicted octanol–water partition coefficient (Wildman–Crippen LogP) is 3.16. The first kappa shape index (κ1) is 19.7. The van der Waals surface area contributed by atoms with Crippen LogP contribution in [0, 0.1) is 5.82 Å². The Hall–Kier alpha value is -3.09. The molecule has 2 aromatic carbocycles. The third kappa shape index (κ3) is 4.42. The third-order valence-corrected chi connectivity index (χ3v) is 4.39. The molecule has 1 N–H and O–H groups in total. The quantitative estimate of drug-likeness (QED) is 0.794. The van der Waals surface area contributed by atoms with Crippen molar-refractivity contribution in [2.75, 3.05) is 24.7 Å². The van der Waals surface area contributed by atoms with Crippen molar-refractivity contribution in [1.29, 1.82) is 0 Å². The monoisotopic (exact) mass is 386 g/mol. The Bertz CT molecular complexity index is 871. The number of nitrogens with one attached hydrogen (secondary N) is 1. The Morgan fingerprint density at radius 2 is 1.89 bits per heavy atom. The van der Waals surface area contributed by atoms with Gasteiger partial charge in [0.25, 0.3) is 5.91 Å². The standard InChI is InChI=1S/C21H23FN2O4/c1-3-27-18-9-8-14(10-19(18)28-4-2)21(26)23-16-12-20(25)24(13-16)17-7-5-6-15(22)11-17/h5-11,16H,3-4,12-13H2,1-2H3,(H,23,26). The van der Waals surface area contributed by atoms with Crippen LogP contribution < -0.4 is 19.7 Å². The van der Waals surface area contributed by atoms with Crippen LogP contribution in [0.2, 0.25) is 0 Å². The van der Waals surface area contributed by atoms with Gasteiger partial charge in [-0.2, -0.15) is 0 Å². The van der Waals surface area contributed by atoms with Crippen molar-refractivity contribution in [3.63, 3.8) is 0 Å². The molecule has 1 aliphatic heterocycles. The number of hydrogen-bond donors (Lipinski definition) is 1. The van der Waals surface area contributed by atoms with Crippen LogP contribution in [0.1, 0.15) is 30.6 Å². The molecule has 0 bridgehead atoms. The van der Waals surface area contributed by atoms with E-state index in [9.17, 15) is 14.0 Å². The first-order valence-electron chi connectivity index (χ1n) is 9.28. The fraction of sp³-hybridized carbons (Fsp3) is 0.333. The van der Waals surface area contributed by atoms with Crippen molar-refractivity contribution in [2.24, 2.45) is 0 Å². The van der Waals surface area contributed by atoms with Crippen LogP contribution in [-0.4, -0.2) is 37.6 Å². The van der Waals surface area contributed by atoms with Gasteiger partial charge in [0, 0.05) is 24.2 Å². The SMILES string of the molecule is CCOc1ccc(C(=O)NC2CC(=O)N(c3cccc(F)c3)C2)cc1OCC. The number of hydrogen-bond acceptors (Lipinski definition) is 4. The molecule has 3 rings (SSSR count). The van der Waals surface area contributed by atoms with E-state index in [0.29, 0.717) is 42.5 Å². The molecule has 1 unspecified atom stereocenters. The average molecular weight is 386 g/mol. The summed E-state index contributed by atoms with van der Waals surface area (Å²) in [4.78, 5) is 26.4. The minimum Gasteiger partial charge on any atom is -0.490 e. The van der Waals surface area contributed by atoms with Gasteiger partial charge in [0.05, 0.1) is 19.3 Å². The zero-order valence-electron chi connectivity index (χ0n) is 15.9. The normalized spacial score (nSPS) is 16.2. The maximum Gasteiger partial charge on any atom is 0.251 e. The molecule has 1 aliphatic rings. The second kappa shape index (κ2) is 8.73. The van der Waals surface area contributed by atoms with Crippen LogP contribution >= 0.6 is 0 Å². The van der Waals surface area contributed by atoms with E-state index in [2.05, 4.69) is 5.32 Å². The summed E-state index contributed by atoms with van der Waals surface area (Å²) in [7, 11) is 0. The lowest BCUT2D eigenvalue weighted by Crippen LogP contribution is -2.37. The lowest BCUT2D eigenvalue weighted by atomic mass is 10.1. The highest BCUT2D eigenvalue weighted by molar-refractivity contribution is 5.99. The number of rotatable bonds is 7. The van der Waals surface area contributed by atoms with Crippen molar-refractivity contribution in [2.45, 2.75) is 26.3 Å². The predicted molar refractivity (Wildman–Crippen MR) is 103 cm³/mol. The van der Waals surface area contributed by atoms with Crippen molar-refractivity contribution in [3.05, 3.63) is 53.8 Å². The average Bonchev–Trinajstić information content (AvgIpc) is 3.03. The molecular formula is C21H23FN2O4. The van der Waals surface area contributed by atoms with Gasteiger partial charge in [-0.25, -0.2) is 4.39 Å². The topological polar surface area (TPSA) is 67.9 Å². The van der Waals surface area contributed by atoms with Gasteiger partial charge in [-0.05, 0) is 50.2 Å². The van der Waals surface area contributed by atoms with Crippen molar-refractivity contribution in [1.82, 2.24) is 5.32 Å². The van der Waals surface area contributed by atoms with Gasteiger partial charge in [-0.15, -0.1) is 0 Å². The molecule has 1 heterocycles. The minimum absolute atomic E-state index is 0.155. The van der Waals surface area contributed by atoms with Gasteiger partial charge in [0.15, 0.2) is 11.5 Å². The molecule has 0 radical (unpaired) electrons. The Morgan fingerprint density at radius 1 is 1.14 bits per heavy atom. The first-order valence-corrected chi connectivity index (χ1v) is 9.28. The van der Waals surface area contributed by atoms with E-state index >= 15 is 0 Å². The van der Waals surface area contributed by atoms with E-state index in [1.54, 1.807) is 30.3 Å². The molecule has 0 saturated carbocycles. The largest absolute Gasteiger partial charge is 0.490 e. The Kier molecular flexibility index (Phi) is 6.13. The summed E-state index contributed by atoms with van der Waals surface area (Å²) in [6.07, 6.45) is 0.164. The highest BCUT2D eigenvalue weighted by atomic mass is 19.1. The van der Waals surface area contributed by atoms with Gasteiger partial charge in [0.1, 0.15) is 5.82 Å². The first-order chi connectivity index (χ1) is 13.5.